The van der Waals surface area contributed by atoms with Crippen molar-refractivity contribution in [1.82, 2.24) is 9.55 Å². The highest BCUT2D eigenvalue weighted by atomic mass is 28.3. The molecule has 1 aromatic heterocycles. The first-order valence-corrected chi connectivity index (χ1v) is 10.8. The number of aliphatic imine (C=N–C) groups is 1. The number of para-hydroxylation sites is 2. The highest BCUT2D eigenvalue weighted by Crippen LogP contribution is 2.29. The molecule has 0 atom stereocenters. The average Bonchev–Trinajstić information content (AvgIpc) is 3.00. The monoisotopic (exact) mass is 335 g/mol. The Hall–Kier alpha value is -2.66. The van der Waals surface area contributed by atoms with E-state index in [2.05, 4.69) is 30.2 Å². The number of hydrogen-bond acceptors (Lipinski definition) is 3. The largest absolute Gasteiger partial charge is 0.546 e. The van der Waals surface area contributed by atoms with Crippen LogP contribution in [-0.2, 0) is 7.05 Å². The third kappa shape index (κ3) is 3.63. The zero-order valence-electron chi connectivity index (χ0n) is 14.2. The maximum absolute atomic E-state index is 6.04. The van der Waals surface area contributed by atoms with Gasteiger partial charge >= 0.3 is 0 Å². The van der Waals surface area contributed by atoms with Crippen LogP contribution in [-0.4, -0.2) is 24.3 Å². The Morgan fingerprint density at radius 1 is 1.04 bits per heavy atom. The lowest BCUT2D eigenvalue weighted by molar-refractivity contribution is 0.582. The van der Waals surface area contributed by atoms with Crippen LogP contribution in [0, 0.1) is 0 Å². The minimum Gasteiger partial charge on any atom is -0.546 e. The second-order valence-electron chi connectivity index (χ2n) is 5.85. The lowest BCUT2D eigenvalue weighted by Gasteiger charge is -2.13. The molecule has 3 rings (SSSR count). The van der Waals surface area contributed by atoms with Crippen molar-refractivity contribution in [3.8, 4) is 5.75 Å². The van der Waals surface area contributed by atoms with E-state index in [-0.39, 0.29) is 0 Å². The smallest absolute Gasteiger partial charge is 0.229 e. The lowest BCUT2D eigenvalue weighted by atomic mass is 10.1. The van der Waals surface area contributed by atoms with Crippen LogP contribution in [0.5, 0.6) is 5.75 Å². The van der Waals surface area contributed by atoms with Gasteiger partial charge in [0.05, 0.1) is 23.9 Å². The van der Waals surface area contributed by atoms with Crippen LogP contribution in [0.3, 0.4) is 0 Å². The summed E-state index contributed by atoms with van der Waals surface area (Å²) in [6.45, 7) is 4.30. The number of benzene rings is 2. The van der Waals surface area contributed by atoms with Crippen LogP contribution in [0.4, 0.5) is 5.69 Å². The molecule has 1 heterocycles. The Bertz CT molecular complexity index is 841. The molecule has 3 aromatic rings. The number of aryl methyl sites for hydroxylation is 1. The molecule has 122 valence electrons. The van der Waals surface area contributed by atoms with Gasteiger partial charge in [-0.25, -0.2) is 9.98 Å². The summed E-state index contributed by atoms with van der Waals surface area (Å²) < 4.78 is 8.02. The molecule has 0 spiro atoms. The summed E-state index contributed by atoms with van der Waals surface area (Å²) in [7, 11) is 0.774. The normalized spacial score (nSPS) is 11.8. The zero-order valence-corrected chi connectivity index (χ0v) is 15.3. The van der Waals surface area contributed by atoms with E-state index in [1.54, 1.807) is 6.33 Å². The molecule has 0 amide bonds. The molecular formula is C19H21N3OSi. The predicted molar refractivity (Wildman–Crippen MR) is 101 cm³/mol. The highest BCUT2D eigenvalue weighted by Gasteiger charge is 2.13. The van der Waals surface area contributed by atoms with Crippen molar-refractivity contribution in [2.24, 2.45) is 12.0 Å². The number of rotatable bonds is 5. The molecule has 0 N–H and O–H groups in total. The van der Waals surface area contributed by atoms with E-state index < -0.39 is 9.04 Å². The van der Waals surface area contributed by atoms with Gasteiger partial charge in [0.25, 0.3) is 0 Å². The third-order valence-corrected chi connectivity index (χ3v) is 4.29. The summed E-state index contributed by atoms with van der Waals surface area (Å²) in [6, 6.07) is 18.1. The van der Waals surface area contributed by atoms with Gasteiger partial charge in [0.2, 0.25) is 9.04 Å². The number of nitrogens with zero attached hydrogens (tertiary/aromatic N) is 3. The van der Waals surface area contributed by atoms with Crippen molar-refractivity contribution < 1.29 is 4.43 Å². The second kappa shape index (κ2) is 7.27. The van der Waals surface area contributed by atoms with Gasteiger partial charge in [-0.3, -0.25) is 0 Å². The van der Waals surface area contributed by atoms with Crippen LogP contribution in [0.15, 0.2) is 72.1 Å². The van der Waals surface area contributed by atoms with Gasteiger partial charge in [0.15, 0.2) is 0 Å². The molecule has 0 saturated heterocycles. The molecule has 0 aliphatic rings. The Morgan fingerprint density at radius 3 is 2.42 bits per heavy atom. The number of aromatic nitrogens is 2. The van der Waals surface area contributed by atoms with Crippen LogP contribution >= 0.6 is 0 Å². The Morgan fingerprint density at radius 2 is 1.75 bits per heavy atom. The summed E-state index contributed by atoms with van der Waals surface area (Å²) in [6.07, 6.45) is 3.63. The first-order valence-electron chi connectivity index (χ1n) is 8.01. The van der Waals surface area contributed by atoms with Gasteiger partial charge in [-0.1, -0.05) is 42.5 Å². The standard InChI is InChI=1S/C19H21N3OSi/c1-22-14-20-13-17(22)19(15-9-5-4-6-10-15)21-16-11-7-8-12-18(16)23-24(2)3/h4-14,24H,1-3H3. The van der Waals surface area contributed by atoms with Crippen molar-refractivity contribution in [1.29, 1.82) is 0 Å². The first-order chi connectivity index (χ1) is 11.6. The van der Waals surface area contributed by atoms with E-state index >= 15 is 0 Å². The molecule has 24 heavy (non-hydrogen) atoms. The highest BCUT2D eigenvalue weighted by molar-refractivity contribution is 6.49. The second-order valence-corrected chi connectivity index (χ2v) is 8.18. The molecule has 0 fully saturated rings. The quantitative estimate of drug-likeness (QED) is 0.523. The maximum Gasteiger partial charge on any atom is 0.229 e. The van der Waals surface area contributed by atoms with Gasteiger partial charge in [-0.15, -0.1) is 0 Å². The van der Waals surface area contributed by atoms with Crippen LogP contribution in [0.2, 0.25) is 13.1 Å². The number of hydrogen-bond donors (Lipinski definition) is 0. The van der Waals surface area contributed by atoms with Crippen molar-refractivity contribution in [3.63, 3.8) is 0 Å². The zero-order chi connectivity index (χ0) is 16.9. The summed E-state index contributed by atoms with van der Waals surface area (Å²) >= 11 is 0. The first kappa shape index (κ1) is 16.2. The maximum atomic E-state index is 6.04. The Labute approximate surface area is 144 Å². The Balaban J connectivity index is 2.14. The van der Waals surface area contributed by atoms with Gasteiger partial charge in [0, 0.05) is 12.6 Å². The fourth-order valence-electron chi connectivity index (χ4n) is 2.47. The lowest BCUT2D eigenvalue weighted by Crippen LogP contribution is -2.12. The van der Waals surface area contributed by atoms with Crippen LogP contribution in [0.1, 0.15) is 11.3 Å². The summed E-state index contributed by atoms with van der Waals surface area (Å²) in [5.74, 6) is 0.842. The molecule has 0 bridgehead atoms. The van der Waals surface area contributed by atoms with Gasteiger partial charge in [-0.05, 0) is 25.2 Å². The van der Waals surface area contributed by atoms with Crippen LogP contribution in [0.25, 0.3) is 0 Å². The SMILES string of the molecule is Cn1cncc1C(=Nc1ccccc1O[SiH](C)C)c1ccccc1. The third-order valence-electron chi connectivity index (χ3n) is 3.57. The number of imidazole rings is 1. The fraction of sp³-hybridized carbons (Fsp3) is 0.158. The summed E-state index contributed by atoms with van der Waals surface area (Å²) in [5, 5.41) is 0. The predicted octanol–water partition coefficient (Wildman–Crippen LogP) is 3.95. The summed E-state index contributed by atoms with van der Waals surface area (Å²) in [4.78, 5) is 9.18. The van der Waals surface area contributed by atoms with E-state index in [0.29, 0.717) is 0 Å². The van der Waals surface area contributed by atoms with E-state index in [1.807, 2.05) is 60.3 Å². The molecule has 0 saturated carbocycles. The van der Waals surface area contributed by atoms with Crippen LogP contribution < -0.4 is 4.43 Å². The fourth-order valence-corrected chi connectivity index (χ4v) is 3.18. The molecule has 4 nitrogen and oxygen atoms in total. The molecule has 2 aromatic carbocycles. The molecule has 0 aliphatic carbocycles. The van der Waals surface area contributed by atoms with Crippen molar-refractivity contribution in [3.05, 3.63) is 78.4 Å². The Kier molecular flexibility index (Phi) is 4.91. The van der Waals surface area contributed by atoms with Crippen molar-refractivity contribution in [2.45, 2.75) is 13.1 Å². The van der Waals surface area contributed by atoms with E-state index in [0.717, 1.165) is 28.4 Å². The average molecular weight is 335 g/mol. The summed E-state index contributed by atoms with van der Waals surface area (Å²) in [5.41, 5.74) is 3.76. The van der Waals surface area contributed by atoms with E-state index in [4.69, 9.17) is 9.42 Å². The minimum atomic E-state index is -1.20. The van der Waals surface area contributed by atoms with Gasteiger partial charge < -0.3 is 8.99 Å². The van der Waals surface area contributed by atoms with Crippen molar-refractivity contribution in [2.75, 3.05) is 0 Å². The van der Waals surface area contributed by atoms with E-state index in [1.165, 1.54) is 0 Å². The van der Waals surface area contributed by atoms with E-state index in [9.17, 15) is 0 Å². The minimum absolute atomic E-state index is 0.842. The molecule has 0 aliphatic heterocycles. The molecular weight excluding hydrogens is 314 g/mol. The van der Waals surface area contributed by atoms with Gasteiger partial charge in [0.1, 0.15) is 11.4 Å². The molecule has 5 heteroatoms. The van der Waals surface area contributed by atoms with Gasteiger partial charge in [-0.2, -0.15) is 0 Å². The molecule has 0 unspecified atom stereocenters. The molecule has 0 radical (unpaired) electrons. The van der Waals surface area contributed by atoms with Crippen molar-refractivity contribution >= 4 is 20.4 Å². The topological polar surface area (TPSA) is 39.4 Å².